The lowest BCUT2D eigenvalue weighted by atomic mass is 10.2. The maximum Gasteiger partial charge on any atom is 0.417 e. The van der Waals surface area contributed by atoms with Gasteiger partial charge in [0.05, 0.1) is 15.7 Å². The van der Waals surface area contributed by atoms with Crippen molar-refractivity contribution in [1.82, 2.24) is 0 Å². The lowest BCUT2D eigenvalue weighted by Gasteiger charge is -2.16. The third-order valence-electron chi connectivity index (χ3n) is 3.18. The van der Waals surface area contributed by atoms with Crippen LogP contribution in [-0.4, -0.2) is 13.7 Å². The first-order valence-corrected chi connectivity index (χ1v) is 7.19. The van der Waals surface area contributed by atoms with Crippen LogP contribution in [0.1, 0.15) is 31.2 Å². The van der Waals surface area contributed by atoms with E-state index in [2.05, 4.69) is 6.07 Å². The van der Waals surface area contributed by atoms with Gasteiger partial charge in [-0.25, -0.2) is 8.42 Å². The van der Waals surface area contributed by atoms with Crippen LogP contribution in [0, 0.1) is 6.07 Å². The summed E-state index contributed by atoms with van der Waals surface area (Å²) >= 11 is 0. The third kappa shape index (κ3) is 2.39. The highest BCUT2D eigenvalue weighted by Crippen LogP contribution is 2.37. The zero-order valence-electron chi connectivity index (χ0n) is 9.50. The Bertz CT molecular complexity index is 528. The fourth-order valence-electron chi connectivity index (χ4n) is 2.26. The largest absolute Gasteiger partial charge is 0.417 e. The Labute approximate surface area is 104 Å². The molecule has 0 bridgehead atoms. The van der Waals surface area contributed by atoms with Gasteiger partial charge in [-0.3, -0.25) is 0 Å². The standard InChI is InChI=1S/C12H12F3O2S/c13-12(14,15)10-7-3-4-8-11(10)18(16,17)9-5-1-2-6-9/h4,7-9H,1-2,5-6H2. The zero-order valence-corrected chi connectivity index (χ0v) is 10.3. The molecule has 1 saturated carbocycles. The minimum absolute atomic E-state index is 0.443. The van der Waals surface area contributed by atoms with E-state index in [4.69, 9.17) is 0 Å². The summed E-state index contributed by atoms with van der Waals surface area (Å²) in [4.78, 5) is -0.611. The lowest BCUT2D eigenvalue weighted by Crippen LogP contribution is -2.21. The van der Waals surface area contributed by atoms with Crippen molar-refractivity contribution in [2.45, 2.75) is 42.0 Å². The lowest BCUT2D eigenvalue weighted by molar-refractivity contribution is -0.139. The molecule has 1 aliphatic rings. The number of benzene rings is 1. The van der Waals surface area contributed by atoms with Crippen molar-refractivity contribution in [3.05, 3.63) is 29.8 Å². The Hall–Kier alpha value is -1.04. The summed E-state index contributed by atoms with van der Waals surface area (Å²) in [6, 6.07) is 5.18. The molecular weight excluding hydrogens is 265 g/mol. The molecule has 2 rings (SSSR count). The van der Waals surface area contributed by atoms with E-state index < -0.39 is 31.7 Å². The SMILES string of the molecule is O=S(=O)(c1cc[c]cc1C(F)(F)F)C1CCCC1. The minimum atomic E-state index is -4.67. The quantitative estimate of drug-likeness (QED) is 0.831. The van der Waals surface area contributed by atoms with Crippen molar-refractivity contribution in [3.63, 3.8) is 0 Å². The molecule has 1 aromatic carbocycles. The monoisotopic (exact) mass is 277 g/mol. The van der Waals surface area contributed by atoms with E-state index >= 15 is 0 Å². The van der Waals surface area contributed by atoms with Gasteiger partial charge in [-0.05, 0) is 31.0 Å². The van der Waals surface area contributed by atoms with E-state index in [1.165, 1.54) is 6.07 Å². The van der Waals surface area contributed by atoms with Gasteiger partial charge in [0.25, 0.3) is 0 Å². The van der Waals surface area contributed by atoms with Gasteiger partial charge in [0.2, 0.25) is 0 Å². The second-order valence-corrected chi connectivity index (χ2v) is 6.57. The number of hydrogen-bond acceptors (Lipinski definition) is 2. The summed E-state index contributed by atoms with van der Waals surface area (Å²) in [5.74, 6) is 0. The Kier molecular flexibility index (Phi) is 3.40. The topological polar surface area (TPSA) is 34.1 Å². The van der Waals surface area contributed by atoms with Crippen LogP contribution < -0.4 is 0 Å². The maximum absolute atomic E-state index is 12.8. The van der Waals surface area contributed by atoms with Crippen molar-refractivity contribution < 1.29 is 21.6 Å². The first kappa shape index (κ1) is 13.4. The van der Waals surface area contributed by atoms with E-state index in [-0.39, 0.29) is 0 Å². The molecule has 0 saturated heterocycles. The molecule has 0 heterocycles. The molecule has 0 aromatic heterocycles. The second kappa shape index (κ2) is 4.57. The van der Waals surface area contributed by atoms with E-state index in [1.807, 2.05) is 0 Å². The van der Waals surface area contributed by atoms with Gasteiger partial charge in [-0.1, -0.05) is 18.9 Å². The normalized spacial score (nSPS) is 18.2. The average Bonchev–Trinajstić information content (AvgIpc) is 2.82. The molecular formula is C12H12F3O2S. The summed E-state index contributed by atoms with van der Waals surface area (Å²) in [5, 5.41) is -0.680. The molecule has 0 unspecified atom stereocenters. The van der Waals surface area contributed by atoms with Crippen LogP contribution >= 0.6 is 0 Å². The van der Waals surface area contributed by atoms with Crippen LogP contribution in [0.5, 0.6) is 0 Å². The fourth-order valence-corrected chi connectivity index (χ4v) is 4.32. The molecule has 99 valence electrons. The molecule has 0 aliphatic heterocycles. The van der Waals surface area contributed by atoms with Gasteiger partial charge in [-0.15, -0.1) is 0 Å². The van der Waals surface area contributed by atoms with E-state index in [9.17, 15) is 21.6 Å². The molecule has 1 radical (unpaired) electrons. The highest BCUT2D eigenvalue weighted by molar-refractivity contribution is 7.92. The van der Waals surface area contributed by atoms with E-state index in [0.717, 1.165) is 18.9 Å². The number of alkyl halides is 3. The van der Waals surface area contributed by atoms with Crippen LogP contribution in [-0.2, 0) is 16.0 Å². The molecule has 1 aromatic rings. The molecule has 0 N–H and O–H groups in total. The van der Waals surface area contributed by atoms with Gasteiger partial charge in [0.15, 0.2) is 9.84 Å². The molecule has 18 heavy (non-hydrogen) atoms. The number of hydrogen-bond donors (Lipinski definition) is 0. The Morgan fingerprint density at radius 3 is 2.39 bits per heavy atom. The van der Waals surface area contributed by atoms with Gasteiger partial charge >= 0.3 is 6.18 Å². The predicted molar refractivity (Wildman–Crippen MR) is 59.7 cm³/mol. The van der Waals surface area contributed by atoms with E-state index in [0.29, 0.717) is 18.9 Å². The minimum Gasteiger partial charge on any atom is -0.223 e. The summed E-state index contributed by atoms with van der Waals surface area (Å²) in [6.45, 7) is 0. The van der Waals surface area contributed by atoms with Crippen molar-refractivity contribution in [1.29, 1.82) is 0 Å². The van der Waals surface area contributed by atoms with Crippen molar-refractivity contribution in [2.24, 2.45) is 0 Å². The maximum atomic E-state index is 12.8. The zero-order chi connectivity index (χ0) is 13.4. The molecule has 6 heteroatoms. The second-order valence-electron chi connectivity index (χ2n) is 4.37. The van der Waals surface area contributed by atoms with Gasteiger partial charge in [0, 0.05) is 0 Å². The van der Waals surface area contributed by atoms with Crippen LogP contribution in [0.4, 0.5) is 13.2 Å². The van der Waals surface area contributed by atoms with Crippen LogP contribution in [0.15, 0.2) is 23.1 Å². The predicted octanol–water partition coefficient (Wildman–Crippen LogP) is 3.22. The number of rotatable bonds is 2. The van der Waals surface area contributed by atoms with Gasteiger partial charge in [-0.2, -0.15) is 13.2 Å². The van der Waals surface area contributed by atoms with Gasteiger partial charge in [0.1, 0.15) is 0 Å². The molecule has 2 nitrogen and oxygen atoms in total. The summed E-state index contributed by atoms with van der Waals surface area (Å²) in [5.41, 5.74) is -1.11. The van der Waals surface area contributed by atoms with Crippen molar-refractivity contribution in [3.8, 4) is 0 Å². The third-order valence-corrected chi connectivity index (χ3v) is 5.50. The summed E-state index contributed by atoms with van der Waals surface area (Å²) in [6.07, 6.45) is -2.27. The van der Waals surface area contributed by atoms with Crippen LogP contribution in [0.2, 0.25) is 0 Å². The van der Waals surface area contributed by atoms with Crippen molar-refractivity contribution in [2.75, 3.05) is 0 Å². The summed E-state index contributed by atoms with van der Waals surface area (Å²) in [7, 11) is -3.89. The molecule has 0 atom stereocenters. The molecule has 1 fully saturated rings. The molecule has 0 spiro atoms. The van der Waals surface area contributed by atoms with E-state index in [1.54, 1.807) is 0 Å². The molecule has 1 aliphatic carbocycles. The first-order chi connectivity index (χ1) is 8.33. The smallest absolute Gasteiger partial charge is 0.223 e. The average molecular weight is 277 g/mol. The highest BCUT2D eigenvalue weighted by atomic mass is 32.2. The van der Waals surface area contributed by atoms with Gasteiger partial charge < -0.3 is 0 Å². The Morgan fingerprint density at radius 1 is 1.22 bits per heavy atom. The fraction of sp³-hybridized carbons (Fsp3) is 0.500. The van der Waals surface area contributed by atoms with Crippen molar-refractivity contribution >= 4 is 9.84 Å². The first-order valence-electron chi connectivity index (χ1n) is 5.64. The summed E-state index contributed by atoms with van der Waals surface area (Å²) < 4.78 is 62.7. The van der Waals surface area contributed by atoms with Crippen LogP contribution in [0.25, 0.3) is 0 Å². The Balaban J connectivity index is 2.51. The number of halogens is 3. The number of sulfone groups is 1. The Morgan fingerprint density at radius 2 is 1.83 bits per heavy atom. The molecule has 0 amide bonds. The van der Waals surface area contributed by atoms with Crippen LogP contribution in [0.3, 0.4) is 0 Å². The highest BCUT2D eigenvalue weighted by Gasteiger charge is 2.40.